The molecule has 1 saturated heterocycles. The SMILES string of the molecule is Cc1cc2c(NC(=O)N3CCC[C@H]3c3cc(C)no3)cccc2nn1. The van der Waals surface area contributed by atoms with E-state index in [4.69, 9.17) is 4.52 Å². The molecule has 0 unspecified atom stereocenters. The fourth-order valence-electron chi connectivity index (χ4n) is 3.30. The van der Waals surface area contributed by atoms with Crippen LogP contribution in [0, 0.1) is 13.8 Å². The van der Waals surface area contributed by atoms with Crippen LogP contribution in [0.2, 0.25) is 0 Å². The van der Waals surface area contributed by atoms with Gasteiger partial charge in [-0.05, 0) is 44.9 Å². The molecule has 1 N–H and O–H groups in total. The van der Waals surface area contributed by atoms with Gasteiger partial charge in [0, 0.05) is 18.0 Å². The maximum atomic E-state index is 12.9. The average molecular weight is 337 g/mol. The Labute approximate surface area is 145 Å². The molecule has 4 rings (SSSR count). The largest absolute Gasteiger partial charge is 0.359 e. The minimum atomic E-state index is -0.140. The third-order valence-corrected chi connectivity index (χ3v) is 4.48. The molecule has 1 fully saturated rings. The van der Waals surface area contributed by atoms with Crippen LogP contribution in [0.1, 0.15) is 36.0 Å². The summed E-state index contributed by atoms with van der Waals surface area (Å²) in [6.07, 6.45) is 1.82. The first kappa shape index (κ1) is 15.6. The van der Waals surface area contributed by atoms with Gasteiger partial charge in [0.1, 0.15) is 0 Å². The lowest BCUT2D eigenvalue weighted by Gasteiger charge is -2.23. The van der Waals surface area contributed by atoms with Crippen molar-refractivity contribution in [3.05, 3.63) is 47.5 Å². The van der Waals surface area contributed by atoms with Crippen LogP contribution in [0.4, 0.5) is 10.5 Å². The number of aryl methyl sites for hydroxylation is 2. The molecule has 0 bridgehead atoms. The van der Waals surface area contributed by atoms with Crippen molar-refractivity contribution < 1.29 is 9.32 Å². The number of fused-ring (bicyclic) bond motifs is 1. The summed E-state index contributed by atoms with van der Waals surface area (Å²) >= 11 is 0. The van der Waals surface area contributed by atoms with E-state index in [9.17, 15) is 4.79 Å². The predicted molar refractivity (Wildman–Crippen MR) is 93.2 cm³/mol. The highest BCUT2D eigenvalue weighted by atomic mass is 16.5. The molecule has 1 aromatic carbocycles. The Kier molecular flexibility index (Phi) is 3.83. The number of hydrogen-bond donors (Lipinski definition) is 1. The van der Waals surface area contributed by atoms with Crippen LogP contribution in [-0.2, 0) is 0 Å². The summed E-state index contributed by atoms with van der Waals surface area (Å²) in [5.41, 5.74) is 3.13. The molecule has 3 heterocycles. The van der Waals surface area contributed by atoms with Crippen molar-refractivity contribution in [3.63, 3.8) is 0 Å². The molecule has 1 aliphatic rings. The molecule has 0 spiro atoms. The molecule has 0 saturated carbocycles. The number of carbonyl (C=O) groups excluding carboxylic acids is 1. The van der Waals surface area contributed by atoms with Crippen LogP contribution in [0.15, 0.2) is 34.9 Å². The molecule has 0 radical (unpaired) electrons. The van der Waals surface area contributed by atoms with Gasteiger partial charge in [0.2, 0.25) is 0 Å². The Balaban J connectivity index is 1.60. The summed E-state index contributed by atoms with van der Waals surface area (Å²) < 4.78 is 5.37. The molecule has 128 valence electrons. The van der Waals surface area contributed by atoms with Crippen molar-refractivity contribution >= 4 is 22.6 Å². The van der Waals surface area contributed by atoms with E-state index in [1.54, 1.807) is 4.90 Å². The van der Waals surface area contributed by atoms with Crippen molar-refractivity contribution in [1.82, 2.24) is 20.3 Å². The summed E-state index contributed by atoms with van der Waals surface area (Å²) in [4.78, 5) is 14.7. The van der Waals surface area contributed by atoms with Crippen molar-refractivity contribution in [2.24, 2.45) is 0 Å². The molecule has 7 nitrogen and oxygen atoms in total. The lowest BCUT2D eigenvalue weighted by Crippen LogP contribution is -2.34. The van der Waals surface area contributed by atoms with E-state index >= 15 is 0 Å². The number of likely N-dealkylation sites (tertiary alicyclic amines) is 1. The maximum Gasteiger partial charge on any atom is 0.322 e. The Bertz CT molecular complexity index is 936. The zero-order valence-corrected chi connectivity index (χ0v) is 14.2. The van der Waals surface area contributed by atoms with Gasteiger partial charge >= 0.3 is 6.03 Å². The van der Waals surface area contributed by atoms with E-state index in [-0.39, 0.29) is 12.1 Å². The lowest BCUT2D eigenvalue weighted by atomic mass is 10.1. The van der Waals surface area contributed by atoms with Gasteiger partial charge in [-0.25, -0.2) is 4.79 Å². The number of carbonyl (C=O) groups is 1. The highest BCUT2D eigenvalue weighted by molar-refractivity contribution is 6.00. The second-order valence-electron chi connectivity index (χ2n) is 6.38. The monoisotopic (exact) mass is 337 g/mol. The zero-order valence-electron chi connectivity index (χ0n) is 14.2. The molecular weight excluding hydrogens is 318 g/mol. The van der Waals surface area contributed by atoms with E-state index < -0.39 is 0 Å². The molecule has 2 aromatic heterocycles. The van der Waals surface area contributed by atoms with Gasteiger partial charge in [-0.3, -0.25) is 0 Å². The number of nitrogens with zero attached hydrogens (tertiary/aromatic N) is 4. The Morgan fingerprint density at radius 1 is 1.24 bits per heavy atom. The Morgan fingerprint density at radius 2 is 2.12 bits per heavy atom. The predicted octanol–water partition coefficient (Wildman–Crippen LogP) is 3.60. The standard InChI is InChI=1S/C18H19N5O2/c1-11-9-13-14(5-3-6-15(13)21-20-11)19-18(24)23-8-4-7-16(23)17-10-12(2)22-25-17/h3,5-6,9-10,16H,4,7-8H2,1-2H3,(H,19,24)/t16-/m0/s1. The molecule has 25 heavy (non-hydrogen) atoms. The van der Waals surface area contributed by atoms with Gasteiger partial charge in [0.05, 0.1) is 28.6 Å². The van der Waals surface area contributed by atoms with E-state index in [1.807, 2.05) is 44.2 Å². The Hall–Kier alpha value is -2.96. The first-order chi connectivity index (χ1) is 12.1. The number of amides is 2. The van der Waals surface area contributed by atoms with E-state index in [0.717, 1.165) is 46.6 Å². The molecule has 0 aliphatic carbocycles. The third-order valence-electron chi connectivity index (χ3n) is 4.48. The van der Waals surface area contributed by atoms with E-state index in [2.05, 4.69) is 20.7 Å². The zero-order chi connectivity index (χ0) is 17.4. The summed E-state index contributed by atoms with van der Waals surface area (Å²) in [6, 6.07) is 9.24. The second-order valence-corrected chi connectivity index (χ2v) is 6.38. The van der Waals surface area contributed by atoms with Gasteiger partial charge in [-0.1, -0.05) is 11.2 Å². The molecule has 7 heteroatoms. The van der Waals surface area contributed by atoms with Crippen molar-refractivity contribution in [3.8, 4) is 0 Å². The summed E-state index contributed by atoms with van der Waals surface area (Å²) in [6.45, 7) is 4.46. The summed E-state index contributed by atoms with van der Waals surface area (Å²) in [7, 11) is 0. The fourth-order valence-corrected chi connectivity index (χ4v) is 3.30. The van der Waals surface area contributed by atoms with Crippen molar-refractivity contribution in [2.75, 3.05) is 11.9 Å². The topological polar surface area (TPSA) is 84.2 Å². The van der Waals surface area contributed by atoms with Gasteiger partial charge in [0.25, 0.3) is 0 Å². The summed E-state index contributed by atoms with van der Waals surface area (Å²) in [5.74, 6) is 0.741. The van der Waals surface area contributed by atoms with Crippen molar-refractivity contribution in [2.45, 2.75) is 32.7 Å². The first-order valence-corrected chi connectivity index (χ1v) is 8.36. The highest BCUT2D eigenvalue weighted by Gasteiger charge is 2.32. The number of aromatic nitrogens is 3. The maximum absolute atomic E-state index is 12.9. The van der Waals surface area contributed by atoms with Crippen LogP contribution in [0.3, 0.4) is 0 Å². The number of nitrogens with one attached hydrogen (secondary N) is 1. The molecule has 2 amide bonds. The number of benzene rings is 1. The van der Waals surface area contributed by atoms with Crippen LogP contribution >= 0.6 is 0 Å². The van der Waals surface area contributed by atoms with Gasteiger partial charge in [0.15, 0.2) is 5.76 Å². The van der Waals surface area contributed by atoms with Gasteiger partial charge < -0.3 is 14.7 Å². The van der Waals surface area contributed by atoms with Gasteiger partial charge in [-0.15, -0.1) is 0 Å². The minimum absolute atomic E-state index is 0.0716. The van der Waals surface area contributed by atoms with Crippen LogP contribution in [0.25, 0.3) is 10.9 Å². The lowest BCUT2D eigenvalue weighted by molar-refractivity contribution is 0.195. The van der Waals surface area contributed by atoms with Gasteiger partial charge in [-0.2, -0.15) is 10.2 Å². The first-order valence-electron chi connectivity index (χ1n) is 8.36. The number of urea groups is 1. The number of anilines is 1. The second kappa shape index (κ2) is 6.16. The summed E-state index contributed by atoms with van der Waals surface area (Å²) in [5, 5.41) is 16.1. The highest BCUT2D eigenvalue weighted by Crippen LogP contribution is 2.33. The number of hydrogen-bond acceptors (Lipinski definition) is 5. The molecule has 1 atom stereocenters. The van der Waals surface area contributed by atoms with Crippen LogP contribution < -0.4 is 5.32 Å². The van der Waals surface area contributed by atoms with E-state index in [0.29, 0.717) is 6.54 Å². The number of rotatable bonds is 2. The average Bonchev–Trinajstić information content (AvgIpc) is 3.24. The molecule has 1 aliphatic heterocycles. The molecule has 3 aromatic rings. The van der Waals surface area contributed by atoms with Crippen LogP contribution in [-0.4, -0.2) is 32.8 Å². The van der Waals surface area contributed by atoms with Crippen molar-refractivity contribution in [1.29, 1.82) is 0 Å². The quantitative estimate of drug-likeness (QED) is 0.772. The normalized spacial score (nSPS) is 17.2. The fraction of sp³-hybridized carbons (Fsp3) is 0.333. The van der Waals surface area contributed by atoms with Crippen LogP contribution in [0.5, 0.6) is 0 Å². The Morgan fingerprint density at radius 3 is 2.92 bits per heavy atom. The van der Waals surface area contributed by atoms with E-state index in [1.165, 1.54) is 0 Å². The molecular formula is C18H19N5O2. The third kappa shape index (κ3) is 2.93. The minimum Gasteiger partial charge on any atom is -0.359 e. The smallest absolute Gasteiger partial charge is 0.322 e.